The van der Waals surface area contributed by atoms with E-state index in [9.17, 15) is 9.59 Å². The van der Waals surface area contributed by atoms with Crippen molar-refractivity contribution in [2.75, 3.05) is 20.1 Å². The number of nitrogens with zero attached hydrogens (tertiary/aromatic N) is 3. The standard InChI is InChI=1S/C25H25N3O3/c1-27(14-6-10-18-7-3-2-4-8-18)23(29)21-20-11-12-25(31-20)17-28(24(30)22(21)25)16-19-9-5-13-26-15-19/h2-13,15,20-22H,14,16-17H2,1H3/b10-6+/t20-,21+,22-,25-/m0/s1. The maximum absolute atomic E-state index is 13.3. The van der Waals surface area contributed by atoms with Gasteiger partial charge in [0.2, 0.25) is 11.8 Å². The summed E-state index contributed by atoms with van der Waals surface area (Å²) in [5.74, 6) is -1.00. The maximum atomic E-state index is 13.3. The van der Waals surface area contributed by atoms with Crippen LogP contribution in [0.2, 0.25) is 0 Å². The highest BCUT2D eigenvalue weighted by molar-refractivity contribution is 5.93. The molecule has 1 aromatic carbocycles. The van der Waals surface area contributed by atoms with Gasteiger partial charge in [-0.3, -0.25) is 14.6 Å². The number of pyridine rings is 1. The topological polar surface area (TPSA) is 62.7 Å². The summed E-state index contributed by atoms with van der Waals surface area (Å²) in [4.78, 5) is 34.3. The lowest BCUT2D eigenvalue weighted by Crippen LogP contribution is -2.44. The fraction of sp³-hybridized carbons (Fsp3) is 0.320. The molecule has 0 radical (unpaired) electrons. The van der Waals surface area contributed by atoms with Gasteiger partial charge in [0.05, 0.1) is 24.5 Å². The smallest absolute Gasteiger partial charge is 0.230 e. The highest BCUT2D eigenvalue weighted by Crippen LogP contribution is 2.52. The number of ether oxygens (including phenoxy) is 1. The van der Waals surface area contributed by atoms with E-state index in [1.54, 1.807) is 29.2 Å². The van der Waals surface area contributed by atoms with Gasteiger partial charge >= 0.3 is 0 Å². The van der Waals surface area contributed by atoms with Crippen molar-refractivity contribution in [3.05, 3.63) is 84.2 Å². The summed E-state index contributed by atoms with van der Waals surface area (Å²) in [6, 6.07) is 13.8. The first-order chi connectivity index (χ1) is 15.1. The largest absolute Gasteiger partial charge is 0.360 e. The molecule has 1 spiro atoms. The van der Waals surface area contributed by atoms with Gasteiger partial charge in [-0.1, -0.05) is 60.7 Å². The average molecular weight is 415 g/mol. The van der Waals surface area contributed by atoms with Crippen molar-refractivity contribution in [2.24, 2.45) is 11.8 Å². The molecule has 2 amide bonds. The van der Waals surface area contributed by atoms with E-state index >= 15 is 0 Å². The molecule has 1 aromatic heterocycles. The molecule has 0 unspecified atom stereocenters. The number of benzene rings is 1. The van der Waals surface area contributed by atoms with E-state index in [0.29, 0.717) is 19.6 Å². The summed E-state index contributed by atoms with van der Waals surface area (Å²) >= 11 is 0. The van der Waals surface area contributed by atoms with Gasteiger partial charge in [-0.05, 0) is 17.2 Å². The molecule has 2 bridgehead atoms. The van der Waals surface area contributed by atoms with Crippen LogP contribution in [0, 0.1) is 11.8 Å². The highest BCUT2D eigenvalue weighted by Gasteiger charge is 2.67. The molecule has 2 aromatic rings. The van der Waals surface area contributed by atoms with Gasteiger partial charge in [0, 0.05) is 32.5 Å². The molecular weight excluding hydrogens is 390 g/mol. The SMILES string of the molecule is CN(C/C=C/c1ccccc1)C(=O)[C@@H]1[C@@H]2C=C[C@@]3(CN(Cc4cccnc4)C(=O)[C@H]13)O2. The minimum Gasteiger partial charge on any atom is -0.360 e. The second-order valence-corrected chi connectivity index (χ2v) is 8.49. The number of likely N-dealkylation sites (tertiary alicyclic amines) is 1. The molecule has 0 N–H and O–H groups in total. The predicted molar refractivity (Wildman–Crippen MR) is 116 cm³/mol. The average Bonchev–Trinajstić information content (AvgIpc) is 3.43. The monoisotopic (exact) mass is 415 g/mol. The van der Waals surface area contributed by atoms with Crippen molar-refractivity contribution in [2.45, 2.75) is 18.2 Å². The Bertz CT molecular complexity index is 1040. The number of aromatic nitrogens is 1. The third-order valence-corrected chi connectivity index (χ3v) is 6.43. The summed E-state index contributed by atoms with van der Waals surface area (Å²) in [5.41, 5.74) is 1.37. The van der Waals surface area contributed by atoms with Gasteiger partial charge < -0.3 is 14.5 Å². The van der Waals surface area contributed by atoms with E-state index in [-0.39, 0.29) is 17.9 Å². The second kappa shape index (κ2) is 7.78. The fourth-order valence-corrected chi connectivity index (χ4v) is 4.96. The zero-order valence-corrected chi connectivity index (χ0v) is 17.4. The van der Waals surface area contributed by atoms with Gasteiger partial charge in [0.15, 0.2) is 0 Å². The first kappa shape index (κ1) is 19.7. The van der Waals surface area contributed by atoms with E-state index in [2.05, 4.69) is 4.98 Å². The third kappa shape index (κ3) is 3.47. The Morgan fingerprint density at radius 2 is 2.13 bits per heavy atom. The van der Waals surface area contributed by atoms with Gasteiger partial charge in [0.1, 0.15) is 5.60 Å². The van der Waals surface area contributed by atoms with Crippen LogP contribution in [0.4, 0.5) is 0 Å². The van der Waals surface area contributed by atoms with Gasteiger partial charge in [-0.15, -0.1) is 0 Å². The van der Waals surface area contributed by atoms with E-state index in [1.807, 2.05) is 66.8 Å². The Hall–Kier alpha value is -3.25. The maximum Gasteiger partial charge on any atom is 0.230 e. The van der Waals surface area contributed by atoms with Crippen LogP contribution in [-0.4, -0.2) is 58.4 Å². The Morgan fingerprint density at radius 1 is 1.29 bits per heavy atom. The van der Waals surface area contributed by atoms with Crippen molar-refractivity contribution in [3.8, 4) is 0 Å². The molecule has 5 rings (SSSR count). The molecule has 31 heavy (non-hydrogen) atoms. The molecular formula is C25H25N3O3. The van der Waals surface area contributed by atoms with Gasteiger partial charge in [-0.2, -0.15) is 0 Å². The Kier molecular flexibility index (Phi) is 4.94. The molecule has 158 valence electrons. The number of carbonyl (C=O) groups is 2. The highest BCUT2D eigenvalue weighted by atomic mass is 16.5. The molecule has 2 saturated heterocycles. The van der Waals surface area contributed by atoms with E-state index in [0.717, 1.165) is 11.1 Å². The predicted octanol–water partition coefficient (Wildman–Crippen LogP) is 2.54. The van der Waals surface area contributed by atoms with Crippen molar-refractivity contribution >= 4 is 17.9 Å². The van der Waals surface area contributed by atoms with Gasteiger partial charge in [-0.25, -0.2) is 0 Å². The summed E-state index contributed by atoms with van der Waals surface area (Å²) in [7, 11) is 1.78. The molecule has 3 aliphatic rings. The number of hydrogen-bond donors (Lipinski definition) is 0. The summed E-state index contributed by atoms with van der Waals surface area (Å²) in [6.07, 6.45) is 11.1. The first-order valence-electron chi connectivity index (χ1n) is 10.6. The lowest BCUT2D eigenvalue weighted by atomic mass is 9.76. The Balaban J connectivity index is 1.30. The number of amides is 2. The normalized spacial score (nSPS) is 28.5. The molecule has 6 heteroatoms. The minimum absolute atomic E-state index is 0.0118. The fourth-order valence-electron chi connectivity index (χ4n) is 4.96. The van der Waals surface area contributed by atoms with Gasteiger partial charge in [0.25, 0.3) is 0 Å². The van der Waals surface area contributed by atoms with Crippen molar-refractivity contribution in [1.82, 2.24) is 14.8 Å². The quantitative estimate of drug-likeness (QED) is 0.681. The zero-order chi connectivity index (χ0) is 21.4. The van der Waals surface area contributed by atoms with Crippen LogP contribution >= 0.6 is 0 Å². The minimum atomic E-state index is -0.689. The van der Waals surface area contributed by atoms with Crippen LogP contribution < -0.4 is 0 Å². The summed E-state index contributed by atoms with van der Waals surface area (Å²) in [5, 5.41) is 0. The zero-order valence-electron chi connectivity index (χ0n) is 17.4. The lowest BCUT2D eigenvalue weighted by Gasteiger charge is -2.27. The van der Waals surface area contributed by atoms with E-state index in [4.69, 9.17) is 4.74 Å². The molecule has 0 aliphatic carbocycles. The molecule has 0 saturated carbocycles. The van der Waals surface area contributed by atoms with Crippen LogP contribution in [-0.2, 0) is 20.9 Å². The van der Waals surface area contributed by atoms with Crippen LogP contribution in [0.15, 0.2) is 73.1 Å². The van der Waals surface area contributed by atoms with E-state index in [1.165, 1.54) is 0 Å². The van der Waals surface area contributed by atoms with Crippen LogP contribution in [0.3, 0.4) is 0 Å². The second-order valence-electron chi connectivity index (χ2n) is 8.49. The number of likely N-dealkylation sites (N-methyl/N-ethyl adjacent to an activating group) is 1. The summed E-state index contributed by atoms with van der Waals surface area (Å²) < 4.78 is 6.23. The molecule has 6 nitrogen and oxygen atoms in total. The molecule has 3 aliphatic heterocycles. The number of fused-ring (bicyclic) bond motifs is 1. The number of hydrogen-bond acceptors (Lipinski definition) is 4. The van der Waals surface area contributed by atoms with E-state index < -0.39 is 17.4 Å². The Labute approximate surface area is 181 Å². The number of rotatable bonds is 6. The van der Waals surface area contributed by atoms with Crippen LogP contribution in [0.1, 0.15) is 11.1 Å². The van der Waals surface area contributed by atoms with Crippen LogP contribution in [0.5, 0.6) is 0 Å². The first-order valence-corrected chi connectivity index (χ1v) is 10.6. The molecule has 4 atom stereocenters. The molecule has 2 fully saturated rings. The van der Waals surface area contributed by atoms with Crippen molar-refractivity contribution < 1.29 is 14.3 Å². The molecule has 4 heterocycles. The number of carbonyl (C=O) groups excluding carboxylic acids is 2. The third-order valence-electron chi connectivity index (χ3n) is 6.43. The van der Waals surface area contributed by atoms with Crippen molar-refractivity contribution in [1.29, 1.82) is 0 Å². The Morgan fingerprint density at radius 3 is 2.90 bits per heavy atom. The summed E-state index contributed by atoms with van der Waals surface area (Å²) in [6.45, 7) is 1.43. The lowest BCUT2D eigenvalue weighted by molar-refractivity contribution is -0.142. The van der Waals surface area contributed by atoms with Crippen LogP contribution in [0.25, 0.3) is 6.08 Å². The van der Waals surface area contributed by atoms with Crippen molar-refractivity contribution in [3.63, 3.8) is 0 Å².